The minimum Gasteiger partial charge on any atom is -0.490 e. The quantitative estimate of drug-likeness (QED) is 0.814. The van der Waals surface area contributed by atoms with Crippen molar-refractivity contribution in [2.75, 3.05) is 6.26 Å². The highest BCUT2D eigenvalue weighted by Crippen LogP contribution is 2.41. The topological polar surface area (TPSA) is 63.6 Å². The van der Waals surface area contributed by atoms with Gasteiger partial charge in [0.1, 0.15) is 16.6 Å². The number of carbonyl (C=O) groups excluding carboxylic acids is 1. The number of carboxylic acids is 1. The fraction of sp³-hybridized carbons (Fsp3) is 0.529. The molecule has 0 fully saturated rings. The summed E-state index contributed by atoms with van der Waals surface area (Å²) >= 11 is 1.23. The number of hydrogen-bond donors (Lipinski definition) is 1. The van der Waals surface area contributed by atoms with Gasteiger partial charge in [0.25, 0.3) is 0 Å². The van der Waals surface area contributed by atoms with E-state index in [1.54, 1.807) is 31.4 Å². The van der Waals surface area contributed by atoms with Crippen LogP contribution in [0.3, 0.4) is 0 Å². The molecule has 8 heteroatoms. The molecule has 0 amide bonds. The molecule has 1 unspecified atom stereocenters. The zero-order valence-corrected chi connectivity index (χ0v) is 14.7. The third-order valence-corrected chi connectivity index (χ3v) is 5.87. The zero-order valence-electron chi connectivity index (χ0n) is 13.9. The molecule has 1 aliphatic heterocycles. The molecule has 0 aromatic heterocycles. The first-order valence-corrected chi connectivity index (χ1v) is 9.05. The number of rotatable bonds is 6. The summed E-state index contributed by atoms with van der Waals surface area (Å²) < 4.78 is 41.6. The number of halogens is 3. The van der Waals surface area contributed by atoms with Gasteiger partial charge in [-0.05, 0) is 42.7 Å². The van der Waals surface area contributed by atoms with E-state index in [-0.39, 0.29) is 6.42 Å². The van der Waals surface area contributed by atoms with Gasteiger partial charge in [-0.15, -0.1) is 11.8 Å². The van der Waals surface area contributed by atoms with Gasteiger partial charge in [0.2, 0.25) is 5.78 Å². The number of hydrogen-bond acceptors (Lipinski definition) is 4. The highest BCUT2D eigenvalue weighted by molar-refractivity contribution is 8.00. The van der Waals surface area contributed by atoms with Gasteiger partial charge in [-0.3, -0.25) is 9.59 Å². The van der Waals surface area contributed by atoms with Crippen molar-refractivity contribution >= 4 is 23.5 Å². The number of aliphatic carboxylic acids is 1. The lowest BCUT2D eigenvalue weighted by molar-refractivity contribution is -0.172. The minimum atomic E-state index is -4.85. The average Bonchev–Trinajstić information content (AvgIpc) is 2.55. The molecule has 25 heavy (non-hydrogen) atoms. The Morgan fingerprint density at radius 1 is 1.36 bits per heavy atom. The third-order valence-electron chi connectivity index (χ3n) is 4.48. The Kier molecular flexibility index (Phi) is 5.71. The summed E-state index contributed by atoms with van der Waals surface area (Å²) in [5.74, 6) is -2.32. The number of aryl methyl sites for hydroxylation is 1. The fourth-order valence-corrected chi connectivity index (χ4v) is 3.82. The number of carbonyl (C=O) groups is 2. The molecule has 4 nitrogen and oxygen atoms in total. The lowest BCUT2D eigenvalue weighted by Crippen LogP contribution is -2.33. The van der Waals surface area contributed by atoms with Crippen molar-refractivity contribution in [2.24, 2.45) is 0 Å². The van der Waals surface area contributed by atoms with Gasteiger partial charge in [-0.1, -0.05) is 19.1 Å². The van der Waals surface area contributed by atoms with E-state index in [9.17, 15) is 27.9 Å². The molecule has 1 heterocycles. The number of Topliss-reactive ketones (excluding diaryl/α,β-unsaturated/α-hetero) is 1. The smallest absolute Gasteiger partial charge is 0.450 e. The third kappa shape index (κ3) is 3.94. The highest BCUT2D eigenvalue weighted by atomic mass is 32.2. The van der Waals surface area contributed by atoms with Crippen LogP contribution in [0.15, 0.2) is 18.2 Å². The Bertz CT molecular complexity index is 668. The molecule has 0 aliphatic carbocycles. The van der Waals surface area contributed by atoms with E-state index in [1.807, 2.05) is 0 Å². The largest absolute Gasteiger partial charge is 0.490 e. The summed E-state index contributed by atoms with van der Waals surface area (Å²) in [5.41, 5.74) is 1.38. The van der Waals surface area contributed by atoms with E-state index in [2.05, 4.69) is 0 Å². The molecule has 2 atom stereocenters. The van der Waals surface area contributed by atoms with Gasteiger partial charge >= 0.3 is 12.1 Å². The second-order valence-corrected chi connectivity index (χ2v) is 7.02. The molecule has 0 radical (unpaired) electrons. The second kappa shape index (κ2) is 7.27. The van der Waals surface area contributed by atoms with Crippen molar-refractivity contribution in [1.29, 1.82) is 0 Å². The van der Waals surface area contributed by atoms with E-state index in [1.165, 1.54) is 11.8 Å². The van der Waals surface area contributed by atoms with Gasteiger partial charge in [-0.2, -0.15) is 13.2 Å². The van der Waals surface area contributed by atoms with Crippen LogP contribution in [-0.4, -0.2) is 35.4 Å². The van der Waals surface area contributed by atoms with Gasteiger partial charge < -0.3 is 9.84 Å². The normalized spacial score (nSPS) is 19.5. The van der Waals surface area contributed by atoms with Crippen molar-refractivity contribution in [1.82, 2.24) is 0 Å². The number of ketones is 1. The van der Waals surface area contributed by atoms with E-state index in [4.69, 9.17) is 4.74 Å². The van der Waals surface area contributed by atoms with Crippen LogP contribution >= 0.6 is 11.8 Å². The maximum absolute atomic E-state index is 12.4. The number of carboxylic acid groups (broad SMARTS) is 1. The van der Waals surface area contributed by atoms with Gasteiger partial charge in [0.15, 0.2) is 0 Å². The standard InChI is InChI=1S/C17H19F3O4S/c1-3-16(25-2,15(22)23)11-5-7-13-10(8-11)4-6-12(24-13)9-14(21)17(18,19)20/h5,7-8,12H,3-4,6,9H2,1-2H3,(H,22,23)/t12-,16?/m1/s1. The van der Waals surface area contributed by atoms with Crippen LogP contribution in [0, 0.1) is 0 Å². The van der Waals surface area contributed by atoms with Crippen LogP contribution in [0.2, 0.25) is 0 Å². The predicted molar refractivity (Wildman–Crippen MR) is 88.0 cm³/mol. The number of ether oxygens (including phenoxy) is 1. The fourth-order valence-electron chi connectivity index (χ4n) is 2.99. The monoisotopic (exact) mass is 376 g/mol. The molecule has 0 bridgehead atoms. The maximum Gasteiger partial charge on any atom is 0.450 e. The Morgan fingerprint density at radius 3 is 2.56 bits per heavy atom. The zero-order chi connectivity index (χ0) is 18.8. The molecular formula is C17H19F3O4S. The number of benzene rings is 1. The summed E-state index contributed by atoms with van der Waals surface area (Å²) in [6, 6.07) is 4.95. The van der Waals surface area contributed by atoms with Crippen molar-refractivity contribution < 1.29 is 32.6 Å². The average molecular weight is 376 g/mol. The Labute approximate surface area is 147 Å². The lowest BCUT2D eigenvalue weighted by atomic mass is 9.91. The minimum absolute atomic E-state index is 0.281. The molecule has 1 N–H and O–H groups in total. The molecule has 2 rings (SSSR count). The predicted octanol–water partition coefficient (Wildman–Crippen LogP) is 3.95. The first kappa shape index (κ1) is 19.6. The van der Waals surface area contributed by atoms with Gasteiger partial charge in [-0.25, -0.2) is 0 Å². The first-order valence-electron chi connectivity index (χ1n) is 7.82. The molecule has 0 saturated heterocycles. The molecule has 1 aromatic carbocycles. The summed E-state index contributed by atoms with van der Waals surface area (Å²) in [6.07, 6.45) is -3.53. The van der Waals surface area contributed by atoms with Gasteiger partial charge in [0.05, 0.1) is 6.42 Å². The Balaban J connectivity index is 2.22. The van der Waals surface area contributed by atoms with Crippen LogP contribution in [-0.2, 0) is 20.8 Å². The van der Waals surface area contributed by atoms with Gasteiger partial charge in [0, 0.05) is 0 Å². The van der Waals surface area contributed by atoms with Crippen LogP contribution in [0.4, 0.5) is 13.2 Å². The molecule has 138 valence electrons. The number of fused-ring (bicyclic) bond motifs is 1. The summed E-state index contributed by atoms with van der Waals surface area (Å²) in [7, 11) is 0. The van der Waals surface area contributed by atoms with Crippen LogP contribution in [0.1, 0.15) is 37.3 Å². The first-order chi connectivity index (χ1) is 11.6. The second-order valence-electron chi connectivity index (χ2n) is 5.92. The van der Waals surface area contributed by atoms with Crippen molar-refractivity contribution in [2.45, 2.75) is 49.6 Å². The summed E-state index contributed by atoms with van der Waals surface area (Å²) in [5, 5.41) is 9.60. The number of thioether (sulfide) groups is 1. The van der Waals surface area contributed by atoms with Crippen LogP contribution < -0.4 is 4.74 Å². The number of alkyl halides is 3. The van der Waals surface area contributed by atoms with Crippen LogP contribution in [0.5, 0.6) is 5.75 Å². The van der Waals surface area contributed by atoms with Crippen molar-refractivity contribution in [3.8, 4) is 5.75 Å². The summed E-state index contributed by atoms with van der Waals surface area (Å²) in [6.45, 7) is 1.79. The molecule has 1 aromatic rings. The van der Waals surface area contributed by atoms with Crippen LogP contribution in [0.25, 0.3) is 0 Å². The Morgan fingerprint density at radius 2 is 2.04 bits per heavy atom. The summed E-state index contributed by atoms with van der Waals surface area (Å²) in [4.78, 5) is 22.8. The molecular weight excluding hydrogens is 357 g/mol. The van der Waals surface area contributed by atoms with E-state index < -0.39 is 35.2 Å². The SMILES string of the molecule is CCC(SC)(C(=O)O)c1ccc2c(c1)CC[C@H](CC(=O)C(F)(F)F)O2. The molecule has 0 saturated carbocycles. The maximum atomic E-state index is 12.4. The Hall–Kier alpha value is -1.70. The lowest BCUT2D eigenvalue weighted by Gasteiger charge is -2.30. The van der Waals surface area contributed by atoms with Crippen molar-refractivity contribution in [3.05, 3.63) is 29.3 Å². The molecule has 1 aliphatic rings. The molecule has 0 spiro atoms. The van der Waals surface area contributed by atoms with E-state index >= 15 is 0 Å². The highest BCUT2D eigenvalue weighted by Gasteiger charge is 2.41. The van der Waals surface area contributed by atoms with Crippen molar-refractivity contribution in [3.63, 3.8) is 0 Å². The van der Waals surface area contributed by atoms with E-state index in [0.717, 1.165) is 5.56 Å². The van der Waals surface area contributed by atoms with E-state index in [0.29, 0.717) is 24.2 Å².